The summed E-state index contributed by atoms with van der Waals surface area (Å²) in [7, 11) is -3.44. The maximum absolute atomic E-state index is 14.1. The Balaban J connectivity index is 0.000000633. The van der Waals surface area contributed by atoms with E-state index in [4.69, 9.17) is 25.5 Å². The van der Waals surface area contributed by atoms with Gasteiger partial charge in [0, 0.05) is 43.8 Å². The number of amides is 2. The topological polar surface area (TPSA) is 199 Å². The number of nitrogens with two attached hydrogens (primary N) is 1. The third-order valence-corrected chi connectivity index (χ3v) is 7.99. The highest BCUT2D eigenvalue weighted by Crippen LogP contribution is 2.20. The van der Waals surface area contributed by atoms with Crippen molar-refractivity contribution in [2.45, 2.75) is 43.7 Å². The van der Waals surface area contributed by atoms with Crippen molar-refractivity contribution < 1.29 is 68.5 Å². The largest absolute Gasteiger partial charge is 0.490 e. The van der Waals surface area contributed by atoms with Gasteiger partial charge < -0.3 is 26.2 Å². The number of halogens is 7. The van der Waals surface area contributed by atoms with E-state index in [0.717, 1.165) is 11.8 Å². The monoisotopic (exact) mass is 809 g/mol. The fourth-order valence-electron chi connectivity index (χ4n) is 5.09. The van der Waals surface area contributed by atoms with E-state index in [-0.39, 0.29) is 43.1 Å². The van der Waals surface area contributed by atoms with Gasteiger partial charge in [-0.2, -0.15) is 26.3 Å². The minimum absolute atomic E-state index is 0.0888. The Bertz CT molecular complexity index is 1840. The molecule has 3 aromatic rings. The normalized spacial score (nSPS) is 15.3. The van der Waals surface area contributed by atoms with Gasteiger partial charge in [-0.15, -0.1) is 0 Å². The number of aliphatic carboxylic acids is 2. The van der Waals surface area contributed by atoms with Crippen LogP contribution in [0.25, 0.3) is 0 Å². The lowest BCUT2D eigenvalue weighted by Gasteiger charge is -2.42. The van der Waals surface area contributed by atoms with Crippen LogP contribution in [0.2, 0.25) is 0 Å². The molecule has 1 saturated heterocycles. The molecule has 1 heterocycles. The fourth-order valence-corrected chi connectivity index (χ4v) is 5.65. The number of carbonyl (C=O) groups excluding carboxylic acids is 2. The molecule has 0 aromatic heterocycles. The number of alkyl halides is 6. The second kappa shape index (κ2) is 20.4. The number of benzene rings is 3. The van der Waals surface area contributed by atoms with Crippen LogP contribution in [0.3, 0.4) is 0 Å². The number of nitrogens with one attached hydrogen (secondary N) is 2. The molecule has 0 radical (unpaired) electrons. The molecule has 0 bridgehead atoms. The predicted molar refractivity (Wildman–Crippen MR) is 186 cm³/mol. The number of carboxylic acids is 2. The summed E-state index contributed by atoms with van der Waals surface area (Å²) >= 11 is 0. The molecule has 55 heavy (non-hydrogen) atoms. The van der Waals surface area contributed by atoms with E-state index >= 15 is 0 Å². The molecule has 0 spiro atoms. The SMILES string of the molecule is CS(=O)(=O)Nc1cccc(NC(=O)CN2CCN(C(=O)C[C@H](N)Cc3ccccc3F)[C@H](Cc3ccccc3)C2)c1.O=C(O)C(F)(F)F.O=C(O)C(F)(F)F. The van der Waals surface area contributed by atoms with E-state index in [1.807, 2.05) is 40.1 Å². The Kier molecular flexibility index (Phi) is 17.0. The highest BCUT2D eigenvalue weighted by Gasteiger charge is 2.39. The minimum Gasteiger partial charge on any atom is -0.475 e. The summed E-state index contributed by atoms with van der Waals surface area (Å²) in [5.74, 6) is -6.18. The summed E-state index contributed by atoms with van der Waals surface area (Å²) in [6.45, 7) is 1.54. The van der Waals surface area contributed by atoms with Gasteiger partial charge in [-0.05, 0) is 48.2 Å². The van der Waals surface area contributed by atoms with E-state index < -0.39 is 40.4 Å². The third-order valence-electron chi connectivity index (χ3n) is 7.38. The van der Waals surface area contributed by atoms with Gasteiger partial charge in [0.2, 0.25) is 21.8 Å². The van der Waals surface area contributed by atoms with E-state index in [9.17, 15) is 48.7 Å². The number of rotatable bonds is 11. The highest BCUT2D eigenvalue weighted by atomic mass is 32.2. The van der Waals surface area contributed by atoms with E-state index in [0.29, 0.717) is 43.0 Å². The van der Waals surface area contributed by atoms with Gasteiger partial charge in [0.25, 0.3) is 0 Å². The average molecular weight is 810 g/mol. The molecule has 21 heteroatoms. The number of anilines is 2. The molecule has 0 saturated carbocycles. The Hall–Kier alpha value is -5.28. The van der Waals surface area contributed by atoms with Crippen LogP contribution in [-0.2, 0) is 42.0 Å². The molecule has 4 rings (SSSR count). The lowest BCUT2D eigenvalue weighted by Crippen LogP contribution is -2.57. The zero-order chi connectivity index (χ0) is 41.6. The van der Waals surface area contributed by atoms with Crippen molar-refractivity contribution in [3.8, 4) is 0 Å². The third kappa shape index (κ3) is 17.6. The number of carbonyl (C=O) groups is 4. The summed E-state index contributed by atoms with van der Waals surface area (Å²) in [5.41, 5.74) is 8.67. The second-order valence-electron chi connectivity index (χ2n) is 12.0. The fraction of sp³-hybridized carbons (Fsp3) is 0.353. The molecular weight excluding hydrogens is 771 g/mol. The van der Waals surface area contributed by atoms with Crippen LogP contribution in [0.1, 0.15) is 17.5 Å². The molecule has 2 atom stereocenters. The number of carboxylic acid groups (broad SMARTS) is 2. The Morgan fingerprint density at radius 2 is 1.40 bits per heavy atom. The van der Waals surface area contributed by atoms with Gasteiger partial charge in [0.1, 0.15) is 5.82 Å². The number of sulfonamides is 1. The van der Waals surface area contributed by atoms with Crippen molar-refractivity contribution in [3.05, 3.63) is 95.8 Å². The predicted octanol–water partition coefficient (Wildman–Crippen LogP) is 4.12. The van der Waals surface area contributed by atoms with E-state index in [2.05, 4.69) is 10.0 Å². The van der Waals surface area contributed by atoms with Crippen LogP contribution in [0.5, 0.6) is 0 Å². The first-order chi connectivity index (χ1) is 25.4. The maximum Gasteiger partial charge on any atom is 0.490 e. The highest BCUT2D eigenvalue weighted by molar-refractivity contribution is 7.92. The molecule has 1 aliphatic rings. The van der Waals surface area contributed by atoms with Crippen molar-refractivity contribution in [2.24, 2.45) is 5.73 Å². The standard InChI is InChI=1S/C30H36FN5O4S.2C2HF3O2/c1-41(39,40)34-26-12-7-11-25(19-26)33-29(37)21-35-14-15-36(27(20-35)16-22-8-3-2-4-9-22)30(38)18-24(32)17-23-10-5-6-13-28(23)31;2*3-2(4,5)1(6)7/h2-13,19,24,27,34H,14-18,20-21,32H2,1H3,(H,33,37);2*(H,6,7)/t24-,27-;;/m1../s1. The Morgan fingerprint density at radius 3 is 1.95 bits per heavy atom. The van der Waals surface area contributed by atoms with Gasteiger partial charge >= 0.3 is 24.3 Å². The Morgan fingerprint density at radius 1 is 0.855 bits per heavy atom. The van der Waals surface area contributed by atoms with Crippen molar-refractivity contribution >= 4 is 45.2 Å². The number of hydrogen-bond acceptors (Lipinski definition) is 8. The van der Waals surface area contributed by atoms with Crippen LogP contribution in [-0.4, -0.2) is 109 Å². The summed E-state index contributed by atoms with van der Waals surface area (Å²) in [6.07, 6.45) is -8.13. The average Bonchev–Trinajstić information content (AvgIpc) is 3.05. The van der Waals surface area contributed by atoms with E-state index in [1.165, 1.54) is 6.07 Å². The molecule has 302 valence electrons. The molecule has 2 amide bonds. The Labute approximate surface area is 311 Å². The van der Waals surface area contributed by atoms with Crippen LogP contribution in [0.4, 0.5) is 42.1 Å². The smallest absolute Gasteiger partial charge is 0.475 e. The maximum atomic E-state index is 14.1. The van der Waals surface area contributed by atoms with Gasteiger partial charge in [0.15, 0.2) is 0 Å². The first kappa shape index (κ1) is 45.9. The molecule has 0 unspecified atom stereocenters. The number of hydrogen-bond donors (Lipinski definition) is 5. The molecule has 0 aliphatic carbocycles. The van der Waals surface area contributed by atoms with Crippen LogP contribution >= 0.6 is 0 Å². The van der Waals surface area contributed by atoms with E-state index in [1.54, 1.807) is 42.5 Å². The molecular formula is C34H38F7N5O8S. The summed E-state index contributed by atoms with van der Waals surface area (Å²) in [5, 5.41) is 17.1. The zero-order valence-electron chi connectivity index (χ0n) is 29.0. The van der Waals surface area contributed by atoms with Crippen LogP contribution in [0.15, 0.2) is 78.9 Å². The molecule has 1 fully saturated rings. The van der Waals surface area contributed by atoms with Crippen molar-refractivity contribution in [1.29, 1.82) is 0 Å². The molecule has 13 nitrogen and oxygen atoms in total. The zero-order valence-corrected chi connectivity index (χ0v) is 29.8. The van der Waals surface area contributed by atoms with Crippen molar-refractivity contribution in [3.63, 3.8) is 0 Å². The molecule has 6 N–H and O–H groups in total. The van der Waals surface area contributed by atoms with Gasteiger partial charge in [-0.3, -0.25) is 19.2 Å². The summed E-state index contributed by atoms with van der Waals surface area (Å²) in [6, 6.07) is 22.1. The van der Waals surface area contributed by atoms with Gasteiger partial charge in [-0.1, -0.05) is 54.6 Å². The lowest BCUT2D eigenvalue weighted by molar-refractivity contribution is -0.193. The summed E-state index contributed by atoms with van der Waals surface area (Å²) in [4.78, 5) is 47.9. The first-order valence-corrected chi connectivity index (χ1v) is 17.9. The molecule has 3 aromatic carbocycles. The van der Waals surface area contributed by atoms with Crippen LogP contribution < -0.4 is 15.8 Å². The minimum atomic E-state index is -5.08. The first-order valence-electron chi connectivity index (χ1n) is 16.0. The lowest BCUT2D eigenvalue weighted by atomic mass is 9.99. The van der Waals surface area contributed by atoms with Gasteiger partial charge in [-0.25, -0.2) is 22.4 Å². The quantitative estimate of drug-likeness (QED) is 0.176. The van der Waals surface area contributed by atoms with Crippen molar-refractivity contribution in [2.75, 3.05) is 42.5 Å². The number of piperazine rings is 1. The number of nitrogens with zero attached hydrogens (tertiary/aromatic N) is 2. The second-order valence-corrected chi connectivity index (χ2v) is 13.8. The van der Waals surface area contributed by atoms with Gasteiger partial charge in [0.05, 0.1) is 18.5 Å². The van der Waals surface area contributed by atoms with Crippen molar-refractivity contribution in [1.82, 2.24) is 9.80 Å². The molecule has 1 aliphatic heterocycles. The summed E-state index contributed by atoms with van der Waals surface area (Å²) < 4.78 is 103. The van der Waals surface area contributed by atoms with Crippen LogP contribution in [0, 0.1) is 5.82 Å².